The average molecular weight is 470 g/mol. The summed E-state index contributed by atoms with van der Waals surface area (Å²) in [5.41, 5.74) is 3.34. The molecule has 7 nitrogen and oxygen atoms in total. The summed E-state index contributed by atoms with van der Waals surface area (Å²) in [6, 6.07) is 15.5. The van der Waals surface area contributed by atoms with Crippen molar-refractivity contribution in [3.63, 3.8) is 0 Å². The number of benzene rings is 2. The van der Waals surface area contributed by atoms with E-state index in [4.69, 9.17) is 21.1 Å². The van der Waals surface area contributed by atoms with E-state index in [0.29, 0.717) is 17.1 Å². The Morgan fingerprint density at radius 3 is 2.56 bits per heavy atom. The third kappa shape index (κ3) is 5.96. The zero-order chi connectivity index (χ0) is 22.9. The zero-order valence-corrected chi connectivity index (χ0v) is 18.9. The van der Waals surface area contributed by atoms with Crippen molar-refractivity contribution in [2.24, 2.45) is 5.10 Å². The predicted molar refractivity (Wildman–Crippen MR) is 126 cm³/mol. The second-order valence-corrected chi connectivity index (χ2v) is 7.70. The minimum absolute atomic E-state index is 0.0243. The van der Waals surface area contributed by atoms with Crippen LogP contribution in [-0.2, 0) is 4.79 Å². The summed E-state index contributed by atoms with van der Waals surface area (Å²) >= 11 is 7.53. The summed E-state index contributed by atoms with van der Waals surface area (Å²) in [4.78, 5) is 26.2. The fourth-order valence-corrected chi connectivity index (χ4v) is 3.53. The van der Waals surface area contributed by atoms with Gasteiger partial charge in [0.05, 0.1) is 31.0 Å². The van der Waals surface area contributed by atoms with E-state index in [1.807, 2.05) is 17.5 Å². The molecule has 0 radical (unpaired) electrons. The number of halogens is 1. The van der Waals surface area contributed by atoms with Crippen molar-refractivity contribution in [1.29, 1.82) is 0 Å². The Labute approximate surface area is 194 Å². The second-order valence-electron chi connectivity index (χ2n) is 6.31. The van der Waals surface area contributed by atoms with E-state index in [1.165, 1.54) is 24.7 Å². The van der Waals surface area contributed by atoms with Gasteiger partial charge < -0.3 is 14.8 Å². The zero-order valence-electron chi connectivity index (χ0n) is 17.3. The largest absolute Gasteiger partial charge is 0.497 e. The van der Waals surface area contributed by atoms with Crippen LogP contribution in [0.2, 0.25) is 5.02 Å². The quantitative estimate of drug-likeness (QED) is 0.292. The molecule has 3 rings (SSSR count). The smallest absolute Gasteiger partial charge is 0.287 e. The van der Waals surface area contributed by atoms with E-state index in [-0.39, 0.29) is 16.3 Å². The van der Waals surface area contributed by atoms with Crippen molar-refractivity contribution in [2.45, 2.75) is 0 Å². The van der Waals surface area contributed by atoms with Gasteiger partial charge in [0.2, 0.25) is 0 Å². The highest BCUT2D eigenvalue weighted by Crippen LogP contribution is 2.23. The third-order valence-electron chi connectivity index (χ3n) is 4.25. The Balaban J connectivity index is 1.78. The fourth-order valence-electron chi connectivity index (χ4n) is 2.65. The van der Waals surface area contributed by atoms with Crippen LogP contribution in [0, 0.1) is 0 Å². The molecule has 1 aromatic heterocycles. The maximum atomic E-state index is 12.8. The van der Waals surface area contributed by atoms with Crippen LogP contribution >= 0.6 is 22.9 Å². The normalized spacial score (nSPS) is 11.3. The number of ether oxygens (including phenoxy) is 2. The lowest BCUT2D eigenvalue weighted by molar-refractivity contribution is -0.117. The molecule has 1 heterocycles. The summed E-state index contributed by atoms with van der Waals surface area (Å²) in [5.74, 6) is 0.0621. The van der Waals surface area contributed by atoms with Crippen LogP contribution in [0.25, 0.3) is 6.08 Å². The van der Waals surface area contributed by atoms with Gasteiger partial charge in [0, 0.05) is 16.5 Å². The second kappa shape index (κ2) is 11.1. The molecule has 2 amide bonds. The first-order valence-corrected chi connectivity index (χ1v) is 10.6. The molecule has 0 bridgehead atoms. The van der Waals surface area contributed by atoms with Gasteiger partial charge in [-0.05, 0) is 41.8 Å². The number of rotatable bonds is 8. The molecule has 2 N–H and O–H groups in total. The van der Waals surface area contributed by atoms with Crippen LogP contribution < -0.4 is 20.2 Å². The van der Waals surface area contributed by atoms with E-state index in [2.05, 4.69) is 15.8 Å². The number of thiophene rings is 1. The molecule has 164 valence electrons. The van der Waals surface area contributed by atoms with Gasteiger partial charge in [-0.3, -0.25) is 9.59 Å². The minimum Gasteiger partial charge on any atom is -0.497 e. The number of nitrogens with one attached hydrogen (secondary N) is 2. The summed E-state index contributed by atoms with van der Waals surface area (Å²) < 4.78 is 10.5. The molecular weight excluding hydrogens is 450 g/mol. The van der Waals surface area contributed by atoms with Gasteiger partial charge >= 0.3 is 0 Å². The number of nitrogens with zero attached hydrogens (tertiary/aromatic N) is 1. The van der Waals surface area contributed by atoms with E-state index in [9.17, 15) is 9.59 Å². The van der Waals surface area contributed by atoms with Gasteiger partial charge in [-0.25, -0.2) is 5.43 Å². The SMILES string of the molecule is COc1ccc(C=NNC(=O)/C(=C\c2cccs2)NC(=O)c2ccccc2Cl)c(OC)c1. The number of hydrogen-bond acceptors (Lipinski definition) is 6. The molecule has 0 saturated carbocycles. The summed E-state index contributed by atoms with van der Waals surface area (Å²) in [6.07, 6.45) is 3.01. The third-order valence-corrected chi connectivity index (χ3v) is 5.40. The highest BCUT2D eigenvalue weighted by molar-refractivity contribution is 7.10. The molecule has 0 spiro atoms. The molecule has 0 aliphatic carbocycles. The lowest BCUT2D eigenvalue weighted by Gasteiger charge is -2.10. The maximum absolute atomic E-state index is 12.8. The van der Waals surface area contributed by atoms with Crippen LogP contribution in [0.5, 0.6) is 11.5 Å². The summed E-state index contributed by atoms with van der Waals surface area (Å²) in [6.45, 7) is 0. The van der Waals surface area contributed by atoms with Crippen LogP contribution in [0.1, 0.15) is 20.8 Å². The predicted octanol–water partition coefficient (Wildman–Crippen LogP) is 4.34. The highest BCUT2D eigenvalue weighted by atomic mass is 35.5. The Kier molecular flexibility index (Phi) is 8.02. The van der Waals surface area contributed by atoms with Crippen LogP contribution in [-0.4, -0.2) is 32.2 Å². The topological polar surface area (TPSA) is 89.0 Å². The molecule has 0 saturated heterocycles. The Bertz CT molecular complexity index is 1160. The molecule has 0 atom stereocenters. The molecule has 0 aliphatic heterocycles. The summed E-state index contributed by atoms with van der Waals surface area (Å²) in [5, 5.41) is 8.76. The van der Waals surface area contributed by atoms with Crippen molar-refractivity contribution >= 4 is 47.0 Å². The Morgan fingerprint density at radius 1 is 1.06 bits per heavy atom. The van der Waals surface area contributed by atoms with Crippen molar-refractivity contribution in [3.05, 3.63) is 86.7 Å². The van der Waals surface area contributed by atoms with Crippen molar-refractivity contribution in [3.8, 4) is 11.5 Å². The van der Waals surface area contributed by atoms with Gasteiger partial charge in [-0.1, -0.05) is 29.8 Å². The number of hydrazone groups is 1. The van der Waals surface area contributed by atoms with Crippen molar-refractivity contribution in [2.75, 3.05) is 14.2 Å². The van der Waals surface area contributed by atoms with Gasteiger partial charge in [0.25, 0.3) is 11.8 Å². The van der Waals surface area contributed by atoms with E-state index < -0.39 is 11.8 Å². The molecule has 9 heteroatoms. The van der Waals surface area contributed by atoms with Crippen molar-refractivity contribution in [1.82, 2.24) is 10.7 Å². The highest BCUT2D eigenvalue weighted by Gasteiger charge is 2.16. The van der Waals surface area contributed by atoms with E-state index in [1.54, 1.807) is 55.7 Å². The van der Waals surface area contributed by atoms with Gasteiger partial charge in [0.15, 0.2) is 0 Å². The first-order valence-electron chi connectivity index (χ1n) is 9.38. The van der Waals surface area contributed by atoms with E-state index in [0.717, 1.165) is 4.88 Å². The summed E-state index contributed by atoms with van der Waals surface area (Å²) in [7, 11) is 3.08. The number of carbonyl (C=O) groups is 2. The molecule has 32 heavy (non-hydrogen) atoms. The van der Waals surface area contributed by atoms with Gasteiger partial charge in [-0.2, -0.15) is 5.10 Å². The molecule has 0 aliphatic rings. The number of hydrogen-bond donors (Lipinski definition) is 2. The van der Waals surface area contributed by atoms with Crippen LogP contribution in [0.4, 0.5) is 0 Å². The monoisotopic (exact) mass is 469 g/mol. The number of methoxy groups -OCH3 is 2. The van der Waals surface area contributed by atoms with Gasteiger partial charge in [-0.15, -0.1) is 11.3 Å². The number of carbonyl (C=O) groups excluding carboxylic acids is 2. The first kappa shape index (κ1) is 23.1. The standard InChI is InChI=1S/C23H20ClN3O4S/c1-30-16-10-9-15(21(12-16)31-2)14-25-27-23(29)20(13-17-6-5-11-32-17)26-22(28)18-7-3-4-8-19(18)24/h3-14H,1-2H3,(H,26,28)(H,27,29)/b20-13+,25-14?. The first-order chi connectivity index (χ1) is 15.5. The molecule has 3 aromatic rings. The average Bonchev–Trinajstić information content (AvgIpc) is 3.32. The minimum atomic E-state index is -0.595. The maximum Gasteiger partial charge on any atom is 0.287 e. The Morgan fingerprint density at radius 2 is 1.88 bits per heavy atom. The fraction of sp³-hybridized carbons (Fsp3) is 0.0870. The number of amides is 2. The van der Waals surface area contributed by atoms with Crippen molar-refractivity contribution < 1.29 is 19.1 Å². The lowest BCUT2D eigenvalue weighted by Crippen LogP contribution is -2.33. The van der Waals surface area contributed by atoms with Crippen LogP contribution in [0.3, 0.4) is 0 Å². The molecular formula is C23H20ClN3O4S. The molecule has 0 unspecified atom stereocenters. The molecule has 2 aromatic carbocycles. The molecule has 0 fully saturated rings. The van der Waals surface area contributed by atoms with E-state index >= 15 is 0 Å². The van der Waals surface area contributed by atoms with Gasteiger partial charge in [0.1, 0.15) is 17.2 Å². The lowest BCUT2D eigenvalue weighted by atomic mass is 10.2. The Hall–Kier alpha value is -3.62. The van der Waals surface area contributed by atoms with Crippen LogP contribution in [0.15, 0.2) is 70.8 Å².